The number of rotatable bonds is 6. The highest BCUT2D eigenvalue weighted by molar-refractivity contribution is 5.94. The maximum absolute atomic E-state index is 12.0. The molecular formula is C16H17N3O3. The minimum atomic E-state index is -0.426. The SMILES string of the molecule is NNC(=O)COc1ccc(C(=O)NCc2ccccc2)cc1. The van der Waals surface area contributed by atoms with Crippen LogP contribution in [0.25, 0.3) is 0 Å². The predicted octanol–water partition coefficient (Wildman–Crippen LogP) is 0.985. The molecule has 0 aromatic heterocycles. The summed E-state index contributed by atoms with van der Waals surface area (Å²) in [5.41, 5.74) is 3.52. The molecule has 0 saturated carbocycles. The minimum absolute atomic E-state index is 0.171. The van der Waals surface area contributed by atoms with Crippen LogP contribution in [0.4, 0.5) is 0 Å². The number of benzene rings is 2. The molecule has 0 fully saturated rings. The molecule has 2 aromatic rings. The van der Waals surface area contributed by atoms with Gasteiger partial charge in [0.1, 0.15) is 5.75 Å². The van der Waals surface area contributed by atoms with E-state index in [0.717, 1.165) is 5.56 Å². The number of nitrogens with two attached hydrogens (primary N) is 1. The first-order valence-corrected chi connectivity index (χ1v) is 6.73. The molecule has 0 heterocycles. The summed E-state index contributed by atoms with van der Waals surface area (Å²) >= 11 is 0. The summed E-state index contributed by atoms with van der Waals surface area (Å²) in [5.74, 6) is 4.84. The number of carbonyl (C=O) groups excluding carboxylic acids is 2. The van der Waals surface area contributed by atoms with Gasteiger partial charge in [0, 0.05) is 12.1 Å². The number of hydrogen-bond acceptors (Lipinski definition) is 4. The Morgan fingerprint density at radius 3 is 2.32 bits per heavy atom. The molecule has 22 heavy (non-hydrogen) atoms. The smallest absolute Gasteiger partial charge is 0.271 e. The topological polar surface area (TPSA) is 93.4 Å². The minimum Gasteiger partial charge on any atom is -0.484 e. The van der Waals surface area contributed by atoms with Crippen LogP contribution in [0.3, 0.4) is 0 Å². The molecular weight excluding hydrogens is 282 g/mol. The quantitative estimate of drug-likeness (QED) is 0.421. The number of ether oxygens (including phenoxy) is 1. The second-order valence-corrected chi connectivity index (χ2v) is 4.55. The Morgan fingerprint density at radius 1 is 1.00 bits per heavy atom. The van der Waals surface area contributed by atoms with Gasteiger partial charge < -0.3 is 10.1 Å². The van der Waals surface area contributed by atoms with Gasteiger partial charge in [0.05, 0.1) is 0 Å². The molecule has 0 radical (unpaired) electrons. The fourth-order valence-electron chi connectivity index (χ4n) is 1.77. The maximum Gasteiger partial charge on any atom is 0.271 e. The third kappa shape index (κ3) is 4.60. The van der Waals surface area contributed by atoms with Gasteiger partial charge in [-0.05, 0) is 29.8 Å². The molecule has 0 unspecified atom stereocenters. The lowest BCUT2D eigenvalue weighted by molar-refractivity contribution is -0.123. The van der Waals surface area contributed by atoms with Gasteiger partial charge >= 0.3 is 0 Å². The third-order valence-corrected chi connectivity index (χ3v) is 2.94. The Kier molecular flexibility index (Phi) is 5.50. The fraction of sp³-hybridized carbons (Fsp3) is 0.125. The van der Waals surface area contributed by atoms with E-state index in [1.54, 1.807) is 24.3 Å². The maximum atomic E-state index is 12.0. The van der Waals surface area contributed by atoms with E-state index in [-0.39, 0.29) is 12.5 Å². The second-order valence-electron chi connectivity index (χ2n) is 4.55. The highest BCUT2D eigenvalue weighted by Crippen LogP contribution is 2.12. The molecule has 2 aromatic carbocycles. The number of nitrogens with one attached hydrogen (secondary N) is 2. The molecule has 0 aliphatic carbocycles. The Bertz CT molecular complexity index is 627. The van der Waals surface area contributed by atoms with Gasteiger partial charge in [-0.2, -0.15) is 0 Å². The Balaban J connectivity index is 1.87. The number of hydrazine groups is 1. The Hall–Kier alpha value is -2.86. The van der Waals surface area contributed by atoms with Crippen LogP contribution in [0.1, 0.15) is 15.9 Å². The van der Waals surface area contributed by atoms with Crippen LogP contribution < -0.4 is 21.3 Å². The first-order chi connectivity index (χ1) is 10.7. The van der Waals surface area contributed by atoms with Crippen LogP contribution in [-0.4, -0.2) is 18.4 Å². The van der Waals surface area contributed by atoms with Crippen LogP contribution in [0.5, 0.6) is 5.75 Å². The van der Waals surface area contributed by atoms with E-state index in [2.05, 4.69) is 5.32 Å². The van der Waals surface area contributed by atoms with Gasteiger partial charge in [0.25, 0.3) is 11.8 Å². The van der Waals surface area contributed by atoms with Crippen molar-refractivity contribution in [2.75, 3.05) is 6.61 Å². The van der Waals surface area contributed by atoms with E-state index in [1.165, 1.54) is 0 Å². The second kappa shape index (κ2) is 7.80. The van der Waals surface area contributed by atoms with E-state index < -0.39 is 5.91 Å². The van der Waals surface area contributed by atoms with E-state index in [4.69, 9.17) is 10.6 Å². The van der Waals surface area contributed by atoms with Crippen molar-refractivity contribution >= 4 is 11.8 Å². The molecule has 0 bridgehead atoms. The zero-order valence-electron chi connectivity index (χ0n) is 11.9. The Morgan fingerprint density at radius 2 is 1.68 bits per heavy atom. The van der Waals surface area contributed by atoms with E-state index in [9.17, 15) is 9.59 Å². The number of carbonyl (C=O) groups is 2. The molecule has 0 spiro atoms. The molecule has 0 saturated heterocycles. The third-order valence-electron chi connectivity index (χ3n) is 2.94. The van der Waals surface area contributed by atoms with Gasteiger partial charge in [0.15, 0.2) is 6.61 Å². The summed E-state index contributed by atoms with van der Waals surface area (Å²) in [4.78, 5) is 23.0. The van der Waals surface area contributed by atoms with Crippen molar-refractivity contribution < 1.29 is 14.3 Å². The van der Waals surface area contributed by atoms with Crippen LogP contribution in [-0.2, 0) is 11.3 Å². The van der Waals surface area contributed by atoms with Gasteiger partial charge in [0.2, 0.25) is 0 Å². The van der Waals surface area contributed by atoms with Crippen molar-refractivity contribution in [3.05, 3.63) is 65.7 Å². The Labute approximate surface area is 128 Å². The summed E-state index contributed by atoms with van der Waals surface area (Å²) in [6.45, 7) is 0.296. The summed E-state index contributed by atoms with van der Waals surface area (Å²) in [7, 11) is 0. The molecule has 6 nitrogen and oxygen atoms in total. The van der Waals surface area contributed by atoms with Crippen molar-refractivity contribution in [1.82, 2.24) is 10.7 Å². The van der Waals surface area contributed by atoms with Crippen molar-refractivity contribution in [2.24, 2.45) is 5.84 Å². The first-order valence-electron chi connectivity index (χ1n) is 6.73. The van der Waals surface area contributed by atoms with Crippen molar-refractivity contribution in [3.8, 4) is 5.75 Å². The largest absolute Gasteiger partial charge is 0.484 e. The molecule has 4 N–H and O–H groups in total. The highest BCUT2D eigenvalue weighted by atomic mass is 16.5. The normalized spacial score (nSPS) is 9.86. The van der Waals surface area contributed by atoms with Crippen molar-refractivity contribution in [3.63, 3.8) is 0 Å². The zero-order chi connectivity index (χ0) is 15.8. The predicted molar refractivity (Wildman–Crippen MR) is 81.9 cm³/mol. The van der Waals surface area contributed by atoms with Crippen LogP contribution in [0.15, 0.2) is 54.6 Å². The molecule has 114 valence electrons. The van der Waals surface area contributed by atoms with Gasteiger partial charge in [-0.1, -0.05) is 30.3 Å². The van der Waals surface area contributed by atoms with Crippen LogP contribution in [0, 0.1) is 0 Å². The summed E-state index contributed by atoms with van der Waals surface area (Å²) in [5, 5.41) is 2.83. The molecule has 2 rings (SSSR count). The lowest BCUT2D eigenvalue weighted by Gasteiger charge is -2.07. The highest BCUT2D eigenvalue weighted by Gasteiger charge is 2.06. The van der Waals surface area contributed by atoms with Crippen molar-refractivity contribution in [1.29, 1.82) is 0 Å². The van der Waals surface area contributed by atoms with E-state index in [0.29, 0.717) is 17.9 Å². The number of hydrogen-bond donors (Lipinski definition) is 3. The summed E-state index contributed by atoms with van der Waals surface area (Å²) < 4.78 is 5.20. The molecule has 0 aliphatic heterocycles. The lowest BCUT2D eigenvalue weighted by atomic mass is 10.2. The van der Waals surface area contributed by atoms with Gasteiger partial charge in [-0.25, -0.2) is 5.84 Å². The van der Waals surface area contributed by atoms with Crippen molar-refractivity contribution in [2.45, 2.75) is 6.54 Å². The fourth-order valence-corrected chi connectivity index (χ4v) is 1.77. The molecule has 6 heteroatoms. The van der Waals surface area contributed by atoms with Gasteiger partial charge in [-0.15, -0.1) is 0 Å². The average molecular weight is 299 g/mol. The standard InChI is InChI=1S/C16H17N3O3/c17-19-15(20)11-22-14-8-6-13(7-9-14)16(21)18-10-12-4-2-1-3-5-12/h1-9H,10-11,17H2,(H,18,21)(H,19,20). The molecule has 0 atom stereocenters. The first kappa shape index (κ1) is 15.5. The zero-order valence-corrected chi connectivity index (χ0v) is 11.9. The number of amides is 2. The summed E-state index contributed by atoms with van der Waals surface area (Å²) in [6, 6.07) is 16.2. The average Bonchev–Trinajstić information content (AvgIpc) is 2.59. The monoisotopic (exact) mass is 299 g/mol. The van der Waals surface area contributed by atoms with Crippen LogP contribution in [0.2, 0.25) is 0 Å². The van der Waals surface area contributed by atoms with E-state index in [1.807, 2.05) is 35.8 Å². The molecule has 0 aliphatic rings. The van der Waals surface area contributed by atoms with Gasteiger partial charge in [-0.3, -0.25) is 15.0 Å². The van der Waals surface area contributed by atoms with Crippen LogP contribution >= 0.6 is 0 Å². The lowest BCUT2D eigenvalue weighted by Crippen LogP contribution is -2.34. The molecule has 2 amide bonds. The van der Waals surface area contributed by atoms with E-state index >= 15 is 0 Å². The summed E-state index contributed by atoms with van der Waals surface area (Å²) in [6.07, 6.45) is 0.